The van der Waals surface area contributed by atoms with E-state index in [-0.39, 0.29) is 0 Å². The maximum atomic E-state index is 5.81. The molecule has 0 atom stereocenters. The Morgan fingerprint density at radius 1 is 0.197 bits per heavy atom. The fourth-order valence-corrected chi connectivity index (χ4v) is 11.2. The Labute approximate surface area is 439 Å². The number of nitrogens with zero attached hydrogens (tertiary/aromatic N) is 6. The maximum Gasteiger partial charge on any atom is 0.570 e. The molecular formula is C69H45BN6. The Morgan fingerprint density at radius 3 is 0.632 bits per heavy atom. The normalized spacial score (nSPS) is 11.7. The Kier molecular flexibility index (Phi) is 10.2. The minimum Gasteiger partial charge on any atom is -0.261 e. The van der Waals surface area contributed by atoms with Crippen LogP contribution in [0, 0.1) is 0 Å². The highest BCUT2D eigenvalue weighted by atomic mass is 15.5. The van der Waals surface area contributed by atoms with Gasteiger partial charge in [-0.3, -0.25) is 13.8 Å². The lowest BCUT2D eigenvalue weighted by atomic mass is 9.89. The van der Waals surface area contributed by atoms with E-state index in [9.17, 15) is 0 Å². The fraction of sp³-hybridized carbons (Fsp3) is 0. The van der Waals surface area contributed by atoms with Gasteiger partial charge in [-0.1, -0.05) is 218 Å². The molecule has 0 saturated carbocycles. The van der Waals surface area contributed by atoms with Gasteiger partial charge in [0.2, 0.25) is 0 Å². The van der Waals surface area contributed by atoms with Gasteiger partial charge in [0.25, 0.3) is 0 Å². The molecule has 12 aromatic carbocycles. The first-order valence-electron chi connectivity index (χ1n) is 25.8. The van der Waals surface area contributed by atoms with Crippen molar-refractivity contribution in [1.29, 1.82) is 0 Å². The Balaban J connectivity index is 1.06. The van der Waals surface area contributed by atoms with Crippen molar-refractivity contribution in [3.05, 3.63) is 273 Å². The molecule has 0 bridgehead atoms. The highest BCUT2D eigenvalue weighted by Gasteiger charge is 2.37. The van der Waals surface area contributed by atoms with E-state index < -0.39 is 7.12 Å². The van der Waals surface area contributed by atoms with Crippen LogP contribution in [0.1, 0.15) is 0 Å². The zero-order valence-electron chi connectivity index (χ0n) is 41.2. The molecule has 7 heteroatoms. The summed E-state index contributed by atoms with van der Waals surface area (Å²) in [5, 5.41) is 31.3. The molecule has 0 aliphatic carbocycles. The first kappa shape index (κ1) is 43.5. The molecule has 3 aromatic heterocycles. The van der Waals surface area contributed by atoms with Crippen molar-refractivity contribution in [2.45, 2.75) is 0 Å². The van der Waals surface area contributed by atoms with Crippen LogP contribution < -0.4 is 0 Å². The maximum absolute atomic E-state index is 5.81. The molecule has 3 heterocycles. The second kappa shape index (κ2) is 17.8. The predicted octanol–water partition coefficient (Wildman–Crippen LogP) is 17.1. The molecule has 0 radical (unpaired) electrons. The van der Waals surface area contributed by atoms with Gasteiger partial charge in [0.15, 0.2) is 0 Å². The molecule has 15 rings (SSSR count). The van der Waals surface area contributed by atoms with Crippen LogP contribution in [0.3, 0.4) is 0 Å². The van der Waals surface area contributed by atoms with Crippen molar-refractivity contribution in [2.24, 2.45) is 0 Å². The summed E-state index contributed by atoms with van der Waals surface area (Å²) in [6, 6.07) is 98.0. The summed E-state index contributed by atoms with van der Waals surface area (Å²) >= 11 is 0. The predicted molar refractivity (Wildman–Crippen MR) is 316 cm³/mol. The molecule has 0 N–H and O–H groups in total. The number of rotatable bonds is 9. The van der Waals surface area contributed by atoms with Gasteiger partial charge in [-0.2, -0.15) is 15.3 Å². The Bertz CT molecular complexity index is 4280. The lowest BCUT2D eigenvalue weighted by Gasteiger charge is -2.21. The van der Waals surface area contributed by atoms with Crippen molar-refractivity contribution in [3.8, 4) is 67.5 Å². The number of aromatic nitrogens is 6. The van der Waals surface area contributed by atoms with Crippen LogP contribution in [0.15, 0.2) is 273 Å². The first-order valence-corrected chi connectivity index (χ1v) is 25.8. The fourth-order valence-electron chi connectivity index (χ4n) is 11.2. The average Bonchev–Trinajstić information content (AvgIpc) is 4.28. The quantitative estimate of drug-likeness (QED) is 0.135. The van der Waals surface area contributed by atoms with Crippen LogP contribution in [-0.4, -0.2) is 36.2 Å². The monoisotopic (exact) mass is 968 g/mol. The summed E-state index contributed by atoms with van der Waals surface area (Å²) in [6.07, 6.45) is 0. The van der Waals surface area contributed by atoms with Crippen LogP contribution >= 0.6 is 0 Å². The van der Waals surface area contributed by atoms with E-state index >= 15 is 0 Å². The topological polar surface area (TPSA) is 53.5 Å². The zero-order valence-corrected chi connectivity index (χ0v) is 41.2. The molecular weight excluding hydrogens is 924 g/mol. The van der Waals surface area contributed by atoms with Gasteiger partial charge in [0.1, 0.15) is 0 Å². The van der Waals surface area contributed by atoms with Gasteiger partial charge in [-0.15, -0.1) is 0 Å². The van der Waals surface area contributed by atoms with Gasteiger partial charge in [0.05, 0.1) is 34.2 Å². The standard InChI is InChI=1S/C69H45BN6/c1-7-19-52-37-58(31-25-46(52)13-1)64-43-67(61-34-28-49-16-4-10-22-55(49)40-61)74(71-64)70(75-68(62-35-29-50-17-5-11-23-56(50)41-62)44-65(72-75)59-32-26-47-14-2-8-20-53(47)38-59)76-69(63-36-30-51-18-6-12-24-57(51)42-63)45-66(73-76)60-33-27-48-15-3-9-21-54(48)39-60/h1-45H. The summed E-state index contributed by atoms with van der Waals surface area (Å²) in [7, 11) is -0.804. The lowest BCUT2D eigenvalue weighted by molar-refractivity contribution is 0.784. The number of hydrogen-bond acceptors (Lipinski definition) is 3. The Morgan fingerprint density at radius 2 is 0.395 bits per heavy atom. The minimum absolute atomic E-state index is 0.804. The van der Waals surface area contributed by atoms with Crippen molar-refractivity contribution in [3.63, 3.8) is 0 Å². The van der Waals surface area contributed by atoms with Crippen LogP contribution in [0.5, 0.6) is 0 Å². The third-order valence-electron chi connectivity index (χ3n) is 15.1. The number of benzene rings is 12. The summed E-state index contributed by atoms with van der Waals surface area (Å²) in [6.45, 7) is 0. The SMILES string of the molecule is c1ccc2cc(-c3cc(-c4ccc5ccccc5c4)n(B(n4nc(-c5ccc6ccccc6c5)cc4-c4ccc5ccccc5c4)n4nc(-c5ccc6ccccc6c5)cc4-c4ccc5ccccc5c4)n3)ccc2c1. The van der Waals surface area contributed by atoms with Gasteiger partial charge in [-0.05, 0) is 136 Å². The van der Waals surface area contributed by atoms with E-state index in [1.54, 1.807) is 0 Å². The number of hydrogen-bond donors (Lipinski definition) is 0. The van der Waals surface area contributed by atoms with Crippen molar-refractivity contribution in [1.82, 2.24) is 29.1 Å². The third kappa shape index (κ3) is 7.64. The molecule has 6 nitrogen and oxygen atoms in total. The molecule has 0 spiro atoms. The first-order chi connectivity index (χ1) is 37.6. The second-order valence-corrected chi connectivity index (χ2v) is 19.8. The second-order valence-electron chi connectivity index (χ2n) is 19.8. The molecule has 0 amide bonds. The summed E-state index contributed by atoms with van der Waals surface area (Å²) < 4.78 is 6.49. The van der Waals surface area contributed by atoms with Crippen LogP contribution in [0.25, 0.3) is 132 Å². The third-order valence-corrected chi connectivity index (χ3v) is 15.1. The van der Waals surface area contributed by atoms with E-state index in [4.69, 9.17) is 15.3 Å². The minimum atomic E-state index is -0.804. The summed E-state index contributed by atoms with van der Waals surface area (Å²) in [4.78, 5) is 0. The van der Waals surface area contributed by atoms with Gasteiger partial charge in [0, 0.05) is 16.7 Å². The molecule has 0 aliphatic heterocycles. The average molecular weight is 969 g/mol. The number of fused-ring (bicyclic) bond motifs is 6. The Hall–Kier alpha value is -10.1. The molecule has 0 aliphatic rings. The lowest BCUT2D eigenvalue weighted by Crippen LogP contribution is -2.45. The molecule has 354 valence electrons. The van der Waals surface area contributed by atoms with Crippen LogP contribution in [0.4, 0.5) is 0 Å². The van der Waals surface area contributed by atoms with Gasteiger partial charge < -0.3 is 0 Å². The smallest absolute Gasteiger partial charge is 0.261 e. The highest BCUT2D eigenvalue weighted by molar-refractivity contribution is 6.55. The molecule has 15 aromatic rings. The van der Waals surface area contributed by atoms with E-state index in [0.717, 1.165) is 99.9 Å². The summed E-state index contributed by atoms with van der Waals surface area (Å²) in [5.74, 6) is 0. The highest BCUT2D eigenvalue weighted by Crippen LogP contribution is 2.38. The van der Waals surface area contributed by atoms with Crippen molar-refractivity contribution < 1.29 is 0 Å². The van der Waals surface area contributed by atoms with Crippen molar-refractivity contribution >= 4 is 71.8 Å². The van der Waals surface area contributed by atoms with E-state index in [0.29, 0.717) is 0 Å². The van der Waals surface area contributed by atoms with E-state index in [1.165, 1.54) is 32.3 Å². The van der Waals surface area contributed by atoms with Gasteiger partial charge >= 0.3 is 7.12 Å². The van der Waals surface area contributed by atoms with Crippen LogP contribution in [-0.2, 0) is 0 Å². The summed E-state index contributed by atoms with van der Waals surface area (Å²) in [5.41, 5.74) is 11.3. The largest absolute Gasteiger partial charge is 0.570 e. The molecule has 0 fully saturated rings. The zero-order chi connectivity index (χ0) is 50.1. The van der Waals surface area contributed by atoms with E-state index in [1.807, 2.05) is 0 Å². The van der Waals surface area contributed by atoms with Crippen LogP contribution in [0.2, 0.25) is 0 Å². The van der Waals surface area contributed by atoms with Crippen molar-refractivity contribution in [2.75, 3.05) is 0 Å². The molecule has 0 saturated heterocycles. The molecule has 0 unspecified atom stereocenters. The van der Waals surface area contributed by atoms with Gasteiger partial charge in [-0.25, -0.2) is 0 Å². The molecule has 76 heavy (non-hydrogen) atoms. The van der Waals surface area contributed by atoms with E-state index in [2.05, 4.69) is 287 Å².